The molecule has 1 aliphatic heterocycles. The molecular weight excluding hydrogens is 407 g/mol. The van der Waals surface area contributed by atoms with Gasteiger partial charge >= 0.3 is 0 Å². The van der Waals surface area contributed by atoms with Gasteiger partial charge in [0.05, 0.1) is 10.0 Å². The molecule has 2 aromatic carbocycles. The zero-order valence-electron chi connectivity index (χ0n) is 16.4. The summed E-state index contributed by atoms with van der Waals surface area (Å²) in [7, 11) is 0. The molecule has 0 aromatic heterocycles. The highest BCUT2D eigenvalue weighted by Crippen LogP contribution is 2.24. The average molecular weight is 433 g/mol. The number of amides is 1. The third-order valence-corrected chi connectivity index (χ3v) is 5.99. The first kappa shape index (κ1) is 21.8. The molecule has 154 valence electrons. The normalized spacial score (nSPS) is 15.2. The van der Waals surface area contributed by atoms with E-state index in [0.717, 1.165) is 38.0 Å². The van der Waals surface area contributed by atoms with Crippen LogP contribution < -0.4 is 5.32 Å². The lowest BCUT2D eigenvalue weighted by Gasteiger charge is -2.32. The molecule has 1 amide bonds. The van der Waals surface area contributed by atoms with Crippen molar-refractivity contribution in [1.29, 1.82) is 0 Å². The summed E-state index contributed by atoms with van der Waals surface area (Å²) < 4.78 is 0. The maximum absolute atomic E-state index is 12.2. The Hall–Kier alpha value is -1.88. The van der Waals surface area contributed by atoms with Crippen LogP contribution in [0.1, 0.15) is 48.0 Å². The zero-order chi connectivity index (χ0) is 20.6. The Labute approximate surface area is 182 Å². The Morgan fingerprint density at radius 2 is 1.69 bits per heavy atom. The Bertz CT molecular complexity index is 834. The van der Waals surface area contributed by atoms with Gasteiger partial charge in [-0.2, -0.15) is 0 Å². The first-order valence-corrected chi connectivity index (χ1v) is 10.8. The molecule has 0 saturated carbocycles. The van der Waals surface area contributed by atoms with E-state index in [2.05, 4.69) is 10.2 Å². The molecular formula is C23H26Cl2N2O2. The van der Waals surface area contributed by atoms with Crippen molar-refractivity contribution in [3.63, 3.8) is 0 Å². The lowest BCUT2D eigenvalue weighted by Crippen LogP contribution is -2.44. The highest BCUT2D eigenvalue weighted by Gasteiger charge is 2.21. The monoisotopic (exact) mass is 432 g/mol. The minimum Gasteiger partial charge on any atom is -0.353 e. The lowest BCUT2D eigenvalue weighted by atomic mass is 10.0. The largest absolute Gasteiger partial charge is 0.353 e. The van der Waals surface area contributed by atoms with Crippen molar-refractivity contribution in [3.8, 4) is 0 Å². The molecule has 1 heterocycles. The van der Waals surface area contributed by atoms with Crippen molar-refractivity contribution in [2.45, 2.75) is 44.7 Å². The predicted octanol–water partition coefficient (Wildman–Crippen LogP) is 5.13. The summed E-state index contributed by atoms with van der Waals surface area (Å²) >= 11 is 12.1. The first-order chi connectivity index (χ1) is 14.0. The van der Waals surface area contributed by atoms with E-state index >= 15 is 0 Å². The van der Waals surface area contributed by atoms with Crippen LogP contribution >= 0.6 is 23.2 Å². The van der Waals surface area contributed by atoms with Crippen LogP contribution in [0.2, 0.25) is 10.0 Å². The van der Waals surface area contributed by atoms with Crippen LogP contribution in [-0.4, -0.2) is 35.7 Å². The van der Waals surface area contributed by atoms with Gasteiger partial charge in [-0.3, -0.25) is 14.5 Å². The van der Waals surface area contributed by atoms with E-state index in [-0.39, 0.29) is 17.7 Å². The van der Waals surface area contributed by atoms with Gasteiger partial charge in [0.1, 0.15) is 0 Å². The molecule has 0 spiro atoms. The number of rotatable bonds is 8. The second kappa shape index (κ2) is 10.8. The molecule has 0 unspecified atom stereocenters. The van der Waals surface area contributed by atoms with Gasteiger partial charge in [0.15, 0.2) is 5.78 Å². The van der Waals surface area contributed by atoms with Gasteiger partial charge in [-0.15, -0.1) is 0 Å². The number of hydrogen-bond acceptors (Lipinski definition) is 3. The van der Waals surface area contributed by atoms with E-state index < -0.39 is 0 Å². The fourth-order valence-corrected chi connectivity index (χ4v) is 3.93. The smallest absolute Gasteiger partial charge is 0.220 e. The Morgan fingerprint density at radius 1 is 0.966 bits per heavy atom. The minimum atomic E-state index is 0.0359. The van der Waals surface area contributed by atoms with Crippen molar-refractivity contribution in [2.24, 2.45) is 0 Å². The highest BCUT2D eigenvalue weighted by atomic mass is 35.5. The molecule has 4 nitrogen and oxygen atoms in total. The fourth-order valence-electron chi connectivity index (χ4n) is 3.61. The third-order valence-electron chi connectivity index (χ3n) is 5.25. The summed E-state index contributed by atoms with van der Waals surface area (Å²) in [5.74, 6) is 0.128. The van der Waals surface area contributed by atoms with Gasteiger partial charge in [0.2, 0.25) is 5.91 Å². The van der Waals surface area contributed by atoms with E-state index in [1.807, 2.05) is 48.5 Å². The number of Topliss-reactive ketones (excluding diaryl/α,β-unsaturated/α-hetero) is 1. The number of benzene rings is 2. The number of hydrogen-bond donors (Lipinski definition) is 1. The van der Waals surface area contributed by atoms with E-state index in [0.29, 0.717) is 34.9 Å². The first-order valence-electron chi connectivity index (χ1n) is 10.0. The van der Waals surface area contributed by atoms with Crippen LogP contribution in [-0.2, 0) is 11.3 Å². The van der Waals surface area contributed by atoms with Crippen molar-refractivity contribution >= 4 is 34.9 Å². The maximum Gasteiger partial charge on any atom is 0.220 e. The summed E-state index contributed by atoms with van der Waals surface area (Å²) in [4.78, 5) is 26.7. The number of ketones is 1. The molecule has 0 bridgehead atoms. The van der Waals surface area contributed by atoms with E-state index in [9.17, 15) is 9.59 Å². The number of carbonyl (C=O) groups is 2. The highest BCUT2D eigenvalue weighted by molar-refractivity contribution is 6.42. The minimum absolute atomic E-state index is 0.0359. The third kappa shape index (κ3) is 6.84. The number of piperidine rings is 1. The predicted molar refractivity (Wildman–Crippen MR) is 118 cm³/mol. The summed E-state index contributed by atoms with van der Waals surface area (Å²) in [6.45, 7) is 2.69. The number of carbonyl (C=O) groups excluding carboxylic acids is 2. The van der Waals surface area contributed by atoms with Gasteiger partial charge < -0.3 is 5.32 Å². The van der Waals surface area contributed by atoms with Crippen LogP contribution in [0.5, 0.6) is 0 Å². The van der Waals surface area contributed by atoms with Gasteiger partial charge in [-0.1, -0.05) is 59.6 Å². The lowest BCUT2D eigenvalue weighted by molar-refractivity contribution is -0.122. The fraction of sp³-hybridized carbons (Fsp3) is 0.391. The standard InChI is InChI=1S/C23H26Cl2N2O2/c24-20-10-9-17(15-21(20)25)16-27-13-11-19(12-14-27)26-23(29)8-4-7-22(28)18-5-2-1-3-6-18/h1-3,5-6,9-10,15,19H,4,7-8,11-14,16H2,(H,26,29). The van der Waals surface area contributed by atoms with Crippen molar-refractivity contribution in [1.82, 2.24) is 10.2 Å². The molecule has 0 atom stereocenters. The quantitative estimate of drug-likeness (QED) is 0.588. The number of nitrogens with one attached hydrogen (secondary N) is 1. The molecule has 1 saturated heterocycles. The number of likely N-dealkylation sites (tertiary alicyclic amines) is 1. The average Bonchev–Trinajstić information content (AvgIpc) is 2.73. The van der Waals surface area contributed by atoms with E-state index in [1.165, 1.54) is 0 Å². The van der Waals surface area contributed by atoms with Gasteiger partial charge in [0, 0.05) is 44.1 Å². The maximum atomic E-state index is 12.2. The van der Waals surface area contributed by atoms with Crippen LogP contribution in [0.15, 0.2) is 48.5 Å². The van der Waals surface area contributed by atoms with Gasteiger partial charge in [0.25, 0.3) is 0 Å². The summed E-state index contributed by atoms with van der Waals surface area (Å²) in [5.41, 5.74) is 1.85. The molecule has 2 aromatic rings. The molecule has 1 N–H and O–H groups in total. The molecule has 1 fully saturated rings. The molecule has 0 aliphatic carbocycles. The van der Waals surface area contributed by atoms with Crippen molar-refractivity contribution in [2.75, 3.05) is 13.1 Å². The SMILES string of the molecule is O=C(CCCC(=O)c1ccccc1)NC1CCN(Cc2ccc(Cl)c(Cl)c2)CC1. The summed E-state index contributed by atoms with van der Waals surface area (Å²) in [6.07, 6.45) is 3.23. The molecule has 0 radical (unpaired) electrons. The van der Waals surface area contributed by atoms with Crippen LogP contribution in [0.4, 0.5) is 0 Å². The zero-order valence-corrected chi connectivity index (χ0v) is 17.9. The van der Waals surface area contributed by atoms with Gasteiger partial charge in [-0.05, 0) is 37.0 Å². The van der Waals surface area contributed by atoms with Crippen molar-refractivity contribution < 1.29 is 9.59 Å². The number of halogens is 2. The molecule has 29 heavy (non-hydrogen) atoms. The van der Waals surface area contributed by atoms with Gasteiger partial charge in [-0.25, -0.2) is 0 Å². The molecule has 1 aliphatic rings. The topological polar surface area (TPSA) is 49.4 Å². The van der Waals surface area contributed by atoms with Crippen LogP contribution in [0.25, 0.3) is 0 Å². The van der Waals surface area contributed by atoms with Crippen LogP contribution in [0, 0.1) is 0 Å². The summed E-state index contributed by atoms with van der Waals surface area (Å²) in [6, 6.07) is 15.2. The second-order valence-corrected chi connectivity index (χ2v) is 8.32. The van der Waals surface area contributed by atoms with Crippen molar-refractivity contribution in [3.05, 3.63) is 69.7 Å². The Balaban J connectivity index is 1.34. The number of nitrogens with zero attached hydrogens (tertiary/aromatic N) is 1. The van der Waals surface area contributed by atoms with E-state index in [1.54, 1.807) is 0 Å². The Morgan fingerprint density at radius 3 is 2.38 bits per heavy atom. The summed E-state index contributed by atoms with van der Waals surface area (Å²) in [5, 5.41) is 4.27. The van der Waals surface area contributed by atoms with Crippen LogP contribution in [0.3, 0.4) is 0 Å². The van der Waals surface area contributed by atoms with E-state index in [4.69, 9.17) is 23.2 Å². The second-order valence-electron chi connectivity index (χ2n) is 7.51. The molecule has 6 heteroatoms. The Kier molecular flexibility index (Phi) is 8.10. The molecule has 3 rings (SSSR count).